The molecule has 0 saturated carbocycles. The van der Waals surface area contributed by atoms with E-state index in [1.54, 1.807) is 6.07 Å². The van der Waals surface area contributed by atoms with Crippen molar-refractivity contribution in [3.8, 4) is 5.75 Å². The van der Waals surface area contributed by atoms with Gasteiger partial charge in [0.15, 0.2) is 0 Å². The number of fused-ring (bicyclic) bond motifs is 3. The van der Waals surface area contributed by atoms with Gasteiger partial charge in [-0.2, -0.15) is 0 Å². The number of rotatable bonds is 3. The van der Waals surface area contributed by atoms with E-state index in [2.05, 4.69) is 47.7 Å². The van der Waals surface area contributed by atoms with Crippen LogP contribution in [-0.4, -0.2) is 22.6 Å². The second-order valence-electron chi connectivity index (χ2n) is 8.09. The van der Waals surface area contributed by atoms with Crippen LogP contribution >= 0.6 is 0 Å². The van der Waals surface area contributed by atoms with E-state index in [9.17, 15) is 4.79 Å². The zero-order chi connectivity index (χ0) is 22.2. The predicted octanol–water partition coefficient (Wildman–Crippen LogP) is 5.46. The number of nitrogens with zero attached hydrogens (tertiary/aromatic N) is 2. The van der Waals surface area contributed by atoms with Crippen LogP contribution in [0.25, 0.3) is 16.6 Å². The first kappa shape index (κ1) is 20.1. The number of hydrogen-bond donors (Lipinski definition) is 0. The molecule has 0 fully saturated rings. The Morgan fingerprint density at radius 1 is 1.09 bits per heavy atom. The van der Waals surface area contributed by atoms with Gasteiger partial charge in [0.1, 0.15) is 12.4 Å². The Kier molecular flexibility index (Phi) is 5.02. The van der Waals surface area contributed by atoms with Crippen molar-refractivity contribution in [1.29, 1.82) is 0 Å². The van der Waals surface area contributed by atoms with Crippen molar-refractivity contribution < 1.29 is 14.3 Å². The fourth-order valence-corrected chi connectivity index (χ4v) is 4.18. The second-order valence-corrected chi connectivity index (χ2v) is 8.09. The molecule has 0 radical (unpaired) electrons. The number of carbonyl (C=O) groups is 1. The molecule has 0 unspecified atom stereocenters. The summed E-state index contributed by atoms with van der Waals surface area (Å²) in [6.45, 7) is 5.31. The van der Waals surface area contributed by atoms with Gasteiger partial charge in [0.25, 0.3) is 0 Å². The van der Waals surface area contributed by atoms with Gasteiger partial charge in [-0.3, -0.25) is 0 Å². The summed E-state index contributed by atoms with van der Waals surface area (Å²) in [6.07, 6.45) is 4.06. The molecule has 0 atom stereocenters. The predicted molar refractivity (Wildman–Crippen MR) is 125 cm³/mol. The molecule has 0 N–H and O–H groups in total. The largest absolute Gasteiger partial charge is 0.488 e. The van der Waals surface area contributed by atoms with Gasteiger partial charge in [-0.1, -0.05) is 30.3 Å². The summed E-state index contributed by atoms with van der Waals surface area (Å²) in [7, 11) is 1.40. The number of ether oxygens (including phenoxy) is 2. The molecule has 0 amide bonds. The molecule has 0 spiro atoms. The SMILES string of the molecule is COC(=O)c1ccc2c(c1)/C(=C\Cn1cnc3cc(C)c(C)cc31)c1ccccc1OC2. The lowest BCUT2D eigenvalue weighted by Crippen LogP contribution is -2.04. The van der Waals surface area contributed by atoms with Crippen molar-refractivity contribution in [3.05, 3.63) is 100 Å². The summed E-state index contributed by atoms with van der Waals surface area (Å²) in [5.74, 6) is 0.480. The molecule has 5 heteroatoms. The Bertz CT molecular complexity index is 1380. The molecule has 2 heterocycles. The van der Waals surface area contributed by atoms with E-state index in [-0.39, 0.29) is 5.97 Å². The number of benzene rings is 3. The molecular formula is C27H24N2O3. The molecule has 5 rings (SSSR count). The highest BCUT2D eigenvalue weighted by Gasteiger charge is 2.21. The van der Waals surface area contributed by atoms with E-state index in [1.807, 2.05) is 36.7 Å². The highest BCUT2D eigenvalue weighted by Crippen LogP contribution is 2.37. The van der Waals surface area contributed by atoms with Crippen LogP contribution in [0.3, 0.4) is 0 Å². The lowest BCUT2D eigenvalue weighted by molar-refractivity contribution is 0.0600. The molecular weight excluding hydrogens is 400 g/mol. The highest BCUT2D eigenvalue weighted by molar-refractivity contribution is 5.93. The maximum absolute atomic E-state index is 12.2. The molecule has 5 nitrogen and oxygen atoms in total. The van der Waals surface area contributed by atoms with Crippen molar-refractivity contribution in [3.63, 3.8) is 0 Å². The zero-order valence-electron chi connectivity index (χ0n) is 18.4. The van der Waals surface area contributed by atoms with Crippen LogP contribution in [0.4, 0.5) is 0 Å². The van der Waals surface area contributed by atoms with Gasteiger partial charge in [0.2, 0.25) is 0 Å². The topological polar surface area (TPSA) is 53.4 Å². The van der Waals surface area contributed by atoms with E-state index in [0.717, 1.165) is 39.0 Å². The van der Waals surface area contributed by atoms with Gasteiger partial charge >= 0.3 is 5.97 Å². The monoisotopic (exact) mass is 424 g/mol. The first-order chi connectivity index (χ1) is 15.5. The minimum atomic E-state index is -0.350. The van der Waals surface area contributed by atoms with Gasteiger partial charge in [-0.25, -0.2) is 9.78 Å². The van der Waals surface area contributed by atoms with Crippen molar-refractivity contribution in [2.75, 3.05) is 7.11 Å². The summed E-state index contributed by atoms with van der Waals surface area (Å²) in [5.41, 5.74) is 9.14. The van der Waals surface area contributed by atoms with Crippen molar-refractivity contribution in [2.45, 2.75) is 27.0 Å². The Hall–Kier alpha value is -3.86. The first-order valence-electron chi connectivity index (χ1n) is 10.6. The molecule has 3 aromatic carbocycles. The lowest BCUT2D eigenvalue weighted by atomic mass is 9.92. The summed E-state index contributed by atoms with van der Waals surface area (Å²) in [5, 5.41) is 0. The minimum absolute atomic E-state index is 0.350. The smallest absolute Gasteiger partial charge is 0.337 e. The second kappa shape index (κ2) is 8.00. The summed E-state index contributed by atoms with van der Waals surface area (Å²) in [6, 6.07) is 18.0. The van der Waals surface area contributed by atoms with Gasteiger partial charge in [-0.15, -0.1) is 0 Å². The minimum Gasteiger partial charge on any atom is -0.488 e. The summed E-state index contributed by atoms with van der Waals surface area (Å²) >= 11 is 0. The van der Waals surface area contributed by atoms with E-state index in [1.165, 1.54) is 18.2 Å². The van der Waals surface area contributed by atoms with Gasteiger partial charge in [0.05, 0.1) is 30.0 Å². The van der Waals surface area contributed by atoms with E-state index in [0.29, 0.717) is 18.7 Å². The summed E-state index contributed by atoms with van der Waals surface area (Å²) in [4.78, 5) is 16.8. The molecule has 32 heavy (non-hydrogen) atoms. The quantitative estimate of drug-likeness (QED) is 0.410. The van der Waals surface area contributed by atoms with E-state index in [4.69, 9.17) is 9.47 Å². The van der Waals surface area contributed by atoms with Crippen LogP contribution in [-0.2, 0) is 17.9 Å². The number of esters is 1. The van der Waals surface area contributed by atoms with Gasteiger partial charge in [0, 0.05) is 12.1 Å². The Balaban J connectivity index is 1.65. The maximum atomic E-state index is 12.2. The highest BCUT2D eigenvalue weighted by atomic mass is 16.5. The molecule has 1 aliphatic rings. The fraction of sp³-hybridized carbons (Fsp3) is 0.185. The number of aromatic nitrogens is 2. The van der Waals surface area contributed by atoms with E-state index >= 15 is 0 Å². The van der Waals surface area contributed by atoms with E-state index < -0.39 is 0 Å². The Morgan fingerprint density at radius 2 is 1.91 bits per heavy atom. The van der Waals surface area contributed by atoms with Crippen molar-refractivity contribution >= 4 is 22.6 Å². The van der Waals surface area contributed by atoms with Crippen LogP contribution in [0.1, 0.15) is 38.2 Å². The van der Waals surface area contributed by atoms with Gasteiger partial charge < -0.3 is 14.0 Å². The zero-order valence-corrected chi connectivity index (χ0v) is 18.4. The number of carbonyl (C=O) groups excluding carboxylic acids is 1. The number of allylic oxidation sites excluding steroid dienone is 1. The molecule has 0 bridgehead atoms. The lowest BCUT2D eigenvalue weighted by Gasteiger charge is -2.12. The fourth-order valence-electron chi connectivity index (χ4n) is 4.18. The van der Waals surface area contributed by atoms with Crippen LogP contribution in [0, 0.1) is 13.8 Å². The molecule has 160 valence electrons. The number of methoxy groups -OCH3 is 1. The third-order valence-electron chi connectivity index (χ3n) is 6.11. The Labute approximate surface area is 186 Å². The normalized spacial score (nSPS) is 13.9. The number of para-hydroxylation sites is 1. The van der Waals surface area contributed by atoms with Crippen LogP contribution < -0.4 is 4.74 Å². The molecule has 0 saturated heterocycles. The number of hydrogen-bond acceptors (Lipinski definition) is 4. The molecule has 1 aliphatic heterocycles. The third kappa shape index (κ3) is 3.46. The van der Waals surface area contributed by atoms with Crippen molar-refractivity contribution in [2.24, 2.45) is 0 Å². The van der Waals surface area contributed by atoms with Crippen LogP contribution in [0.15, 0.2) is 67.0 Å². The van der Waals surface area contributed by atoms with Crippen LogP contribution in [0.5, 0.6) is 5.75 Å². The number of imidazole rings is 1. The molecule has 1 aromatic heterocycles. The number of aryl methyl sites for hydroxylation is 2. The maximum Gasteiger partial charge on any atom is 0.337 e. The average molecular weight is 425 g/mol. The molecule has 0 aliphatic carbocycles. The van der Waals surface area contributed by atoms with Crippen LogP contribution in [0.2, 0.25) is 0 Å². The first-order valence-corrected chi connectivity index (χ1v) is 10.6. The van der Waals surface area contributed by atoms with Crippen molar-refractivity contribution in [1.82, 2.24) is 9.55 Å². The molecule has 4 aromatic rings. The standard InChI is InChI=1S/C27H24N2O3/c1-17-12-24-25(13-18(17)2)29(16-28-24)11-10-21-22-6-4-5-7-26(22)32-15-20-9-8-19(14-23(20)21)27(30)31-3/h4-10,12-14,16H,11,15H2,1-3H3/b21-10-. The summed E-state index contributed by atoms with van der Waals surface area (Å²) < 4.78 is 13.2. The van der Waals surface area contributed by atoms with Gasteiger partial charge in [-0.05, 0) is 72.0 Å². The average Bonchev–Trinajstić information content (AvgIpc) is 3.11. The third-order valence-corrected chi connectivity index (χ3v) is 6.11. The Morgan fingerprint density at radius 3 is 2.75 bits per heavy atom.